The number of hydrogen-bond acceptors (Lipinski definition) is 5. The molecule has 0 unspecified atom stereocenters. The van der Waals surface area contributed by atoms with Gasteiger partial charge in [0.15, 0.2) is 11.5 Å². The van der Waals surface area contributed by atoms with E-state index < -0.39 is 0 Å². The van der Waals surface area contributed by atoms with E-state index in [9.17, 15) is 4.79 Å². The van der Waals surface area contributed by atoms with Gasteiger partial charge in [0.2, 0.25) is 0 Å². The van der Waals surface area contributed by atoms with Crippen LogP contribution in [-0.4, -0.2) is 62.5 Å². The Labute approximate surface area is 142 Å². The summed E-state index contributed by atoms with van der Waals surface area (Å²) in [5.74, 6) is 1.37. The van der Waals surface area contributed by atoms with Crippen LogP contribution in [0.2, 0.25) is 0 Å². The van der Waals surface area contributed by atoms with Gasteiger partial charge in [0.25, 0.3) is 0 Å². The lowest BCUT2D eigenvalue weighted by molar-refractivity contribution is -0.00863. The average molecular weight is 335 g/mol. The molecule has 132 valence electrons. The highest BCUT2D eigenvalue weighted by Crippen LogP contribution is 2.32. The van der Waals surface area contributed by atoms with Crippen molar-refractivity contribution in [2.24, 2.45) is 0 Å². The maximum atomic E-state index is 12.2. The van der Waals surface area contributed by atoms with E-state index in [1.807, 2.05) is 6.07 Å². The monoisotopic (exact) mass is 335 g/mol. The lowest BCUT2D eigenvalue weighted by Gasteiger charge is -2.40. The van der Waals surface area contributed by atoms with Crippen LogP contribution in [0.3, 0.4) is 0 Å². The molecule has 0 aliphatic carbocycles. The highest BCUT2D eigenvalue weighted by molar-refractivity contribution is 5.89. The quantitative estimate of drug-likeness (QED) is 0.876. The van der Waals surface area contributed by atoms with E-state index in [0.29, 0.717) is 36.9 Å². The Kier molecular flexibility index (Phi) is 5.11. The van der Waals surface area contributed by atoms with Gasteiger partial charge in [-0.25, -0.2) is 4.79 Å². The van der Waals surface area contributed by atoms with Crippen LogP contribution in [0.15, 0.2) is 18.2 Å². The molecule has 1 aromatic carbocycles. The van der Waals surface area contributed by atoms with Crippen molar-refractivity contribution in [2.45, 2.75) is 19.4 Å². The van der Waals surface area contributed by atoms with Gasteiger partial charge in [-0.1, -0.05) is 0 Å². The first-order chi connectivity index (χ1) is 11.5. The molecular formula is C17H25N3O4. The van der Waals surface area contributed by atoms with Gasteiger partial charge in [-0.05, 0) is 26.0 Å². The minimum Gasteiger partial charge on any atom is -0.486 e. The van der Waals surface area contributed by atoms with Crippen molar-refractivity contribution in [1.82, 2.24) is 10.2 Å². The summed E-state index contributed by atoms with van der Waals surface area (Å²) in [5.41, 5.74) is 0.564. The molecule has 7 nitrogen and oxygen atoms in total. The molecule has 1 saturated heterocycles. The molecule has 1 fully saturated rings. The molecule has 1 aromatic rings. The molecule has 0 atom stereocenters. The van der Waals surface area contributed by atoms with Crippen LogP contribution in [0, 0.1) is 0 Å². The largest absolute Gasteiger partial charge is 0.486 e. The van der Waals surface area contributed by atoms with E-state index >= 15 is 0 Å². The molecule has 0 spiro atoms. The van der Waals surface area contributed by atoms with E-state index in [1.54, 1.807) is 12.1 Å². The number of rotatable bonds is 4. The Bertz CT molecular complexity index is 585. The van der Waals surface area contributed by atoms with Crippen LogP contribution < -0.4 is 20.1 Å². The maximum absolute atomic E-state index is 12.2. The number of amides is 2. The Morgan fingerprint density at radius 1 is 1.12 bits per heavy atom. The number of ether oxygens (including phenoxy) is 3. The van der Waals surface area contributed by atoms with E-state index in [2.05, 4.69) is 29.4 Å². The zero-order chi connectivity index (χ0) is 17.0. The molecule has 2 heterocycles. The second-order valence-corrected chi connectivity index (χ2v) is 6.58. The maximum Gasteiger partial charge on any atom is 0.319 e. The fourth-order valence-corrected chi connectivity index (χ4v) is 2.87. The number of anilines is 1. The minimum absolute atomic E-state index is 0.117. The third kappa shape index (κ3) is 4.10. The summed E-state index contributed by atoms with van der Waals surface area (Å²) in [6, 6.07) is 5.16. The van der Waals surface area contributed by atoms with Gasteiger partial charge in [-0.3, -0.25) is 4.90 Å². The average Bonchev–Trinajstić information content (AvgIpc) is 2.61. The van der Waals surface area contributed by atoms with E-state index in [-0.39, 0.29) is 11.6 Å². The van der Waals surface area contributed by atoms with Crippen LogP contribution in [0.4, 0.5) is 10.5 Å². The van der Waals surface area contributed by atoms with Crippen molar-refractivity contribution in [3.05, 3.63) is 18.2 Å². The molecule has 0 saturated carbocycles. The van der Waals surface area contributed by atoms with Crippen molar-refractivity contribution in [3.63, 3.8) is 0 Å². The van der Waals surface area contributed by atoms with Crippen LogP contribution in [0.5, 0.6) is 11.5 Å². The summed E-state index contributed by atoms with van der Waals surface area (Å²) in [6.07, 6.45) is 0. The first-order valence-electron chi connectivity index (χ1n) is 8.32. The van der Waals surface area contributed by atoms with Gasteiger partial charge in [0.05, 0.1) is 13.2 Å². The van der Waals surface area contributed by atoms with Gasteiger partial charge in [-0.15, -0.1) is 0 Å². The second-order valence-electron chi connectivity index (χ2n) is 6.58. The number of nitrogens with one attached hydrogen (secondary N) is 2. The fourth-order valence-electron chi connectivity index (χ4n) is 2.87. The highest BCUT2D eigenvalue weighted by atomic mass is 16.6. The molecule has 2 amide bonds. The smallest absolute Gasteiger partial charge is 0.319 e. The predicted octanol–water partition coefficient (Wildman–Crippen LogP) is 1.69. The number of carbonyl (C=O) groups excluding carboxylic acids is 1. The third-order valence-corrected chi connectivity index (χ3v) is 4.35. The number of carbonyl (C=O) groups is 1. The van der Waals surface area contributed by atoms with Crippen LogP contribution in [0.1, 0.15) is 13.8 Å². The molecular weight excluding hydrogens is 310 g/mol. The first kappa shape index (κ1) is 16.9. The fraction of sp³-hybridized carbons (Fsp3) is 0.588. The van der Waals surface area contributed by atoms with Crippen LogP contribution in [-0.2, 0) is 4.74 Å². The third-order valence-electron chi connectivity index (χ3n) is 4.35. The van der Waals surface area contributed by atoms with Gasteiger partial charge in [-0.2, -0.15) is 0 Å². The molecule has 7 heteroatoms. The molecule has 2 aliphatic rings. The Hall–Kier alpha value is -1.99. The highest BCUT2D eigenvalue weighted by Gasteiger charge is 2.28. The van der Waals surface area contributed by atoms with Crippen molar-refractivity contribution < 1.29 is 19.0 Å². The summed E-state index contributed by atoms with van der Waals surface area (Å²) < 4.78 is 16.4. The summed E-state index contributed by atoms with van der Waals surface area (Å²) >= 11 is 0. The number of fused-ring (bicyclic) bond motifs is 1. The molecule has 24 heavy (non-hydrogen) atoms. The molecule has 0 bridgehead atoms. The van der Waals surface area contributed by atoms with Crippen LogP contribution in [0.25, 0.3) is 0 Å². The Balaban J connectivity index is 1.52. The molecule has 0 radical (unpaired) electrons. The Morgan fingerprint density at radius 3 is 2.58 bits per heavy atom. The lowest BCUT2D eigenvalue weighted by Crippen LogP contribution is -2.55. The topological polar surface area (TPSA) is 72.1 Å². The first-order valence-corrected chi connectivity index (χ1v) is 8.32. The number of morpholine rings is 1. The molecule has 2 N–H and O–H groups in total. The summed E-state index contributed by atoms with van der Waals surface area (Å²) in [7, 11) is 0. The summed E-state index contributed by atoms with van der Waals surface area (Å²) in [4.78, 5) is 14.5. The zero-order valence-electron chi connectivity index (χ0n) is 14.3. The van der Waals surface area contributed by atoms with Gasteiger partial charge in [0, 0.05) is 36.9 Å². The zero-order valence-corrected chi connectivity index (χ0v) is 14.3. The second kappa shape index (κ2) is 7.27. The standard InChI is InChI=1S/C17H25N3O4/c1-17(2,20-5-7-22-8-6-20)12-18-16(21)19-13-3-4-14-15(11-13)24-10-9-23-14/h3-4,11H,5-10,12H2,1-2H3,(H2,18,19,21). The molecule has 2 aliphatic heterocycles. The van der Waals surface area contributed by atoms with Gasteiger partial charge < -0.3 is 24.8 Å². The van der Waals surface area contributed by atoms with Gasteiger partial charge in [0.1, 0.15) is 13.2 Å². The van der Waals surface area contributed by atoms with Crippen molar-refractivity contribution >= 4 is 11.7 Å². The minimum atomic E-state index is -0.229. The summed E-state index contributed by atoms with van der Waals surface area (Å²) in [6.45, 7) is 9.15. The molecule has 3 rings (SSSR count). The lowest BCUT2D eigenvalue weighted by atomic mass is 10.0. The number of benzene rings is 1. The van der Waals surface area contributed by atoms with E-state index in [0.717, 1.165) is 26.3 Å². The van der Waals surface area contributed by atoms with E-state index in [1.165, 1.54) is 0 Å². The molecule has 0 aromatic heterocycles. The Morgan fingerprint density at radius 2 is 1.83 bits per heavy atom. The van der Waals surface area contributed by atoms with E-state index in [4.69, 9.17) is 14.2 Å². The normalized spacial score (nSPS) is 18.1. The van der Waals surface area contributed by atoms with Crippen molar-refractivity contribution in [3.8, 4) is 11.5 Å². The number of nitrogens with zero attached hydrogens (tertiary/aromatic N) is 1. The summed E-state index contributed by atoms with van der Waals surface area (Å²) in [5, 5.41) is 5.78. The number of urea groups is 1. The van der Waals surface area contributed by atoms with Gasteiger partial charge >= 0.3 is 6.03 Å². The number of hydrogen-bond donors (Lipinski definition) is 2. The van der Waals surface area contributed by atoms with Crippen molar-refractivity contribution in [2.75, 3.05) is 51.4 Å². The van der Waals surface area contributed by atoms with Crippen molar-refractivity contribution in [1.29, 1.82) is 0 Å². The van der Waals surface area contributed by atoms with Crippen LogP contribution >= 0.6 is 0 Å². The predicted molar refractivity (Wildman–Crippen MR) is 90.9 cm³/mol. The SMILES string of the molecule is CC(C)(CNC(=O)Nc1ccc2c(c1)OCCO2)N1CCOCC1.